The molecule has 2 amide bonds. The first-order valence-electron chi connectivity index (χ1n) is 10.3. The van der Waals surface area contributed by atoms with Crippen LogP contribution in [0.2, 0.25) is 5.02 Å². The molecule has 9 heteroatoms. The number of imide groups is 1. The van der Waals surface area contributed by atoms with Crippen molar-refractivity contribution in [3.05, 3.63) is 63.5 Å². The molecule has 33 heavy (non-hydrogen) atoms. The second-order valence-corrected chi connectivity index (χ2v) is 8.67. The number of nitrogens with zero attached hydrogens (tertiary/aromatic N) is 1. The van der Waals surface area contributed by atoms with Crippen LogP contribution < -0.4 is 9.47 Å². The molecule has 174 valence electrons. The molecule has 0 saturated carbocycles. The van der Waals surface area contributed by atoms with Crippen molar-refractivity contribution < 1.29 is 28.6 Å². The van der Waals surface area contributed by atoms with E-state index >= 15 is 0 Å². The lowest BCUT2D eigenvalue weighted by atomic mass is 10.1. The first kappa shape index (κ1) is 24.7. The average molecular weight is 490 g/mol. The lowest BCUT2D eigenvalue weighted by molar-refractivity contribution is -0.150. The number of methoxy groups -OCH3 is 1. The van der Waals surface area contributed by atoms with E-state index in [1.807, 2.05) is 25.1 Å². The largest absolute Gasteiger partial charge is 0.493 e. The van der Waals surface area contributed by atoms with Crippen LogP contribution in [-0.4, -0.2) is 41.8 Å². The average Bonchev–Trinajstić information content (AvgIpc) is 3.06. The molecule has 0 aliphatic carbocycles. The Balaban J connectivity index is 1.71. The van der Waals surface area contributed by atoms with E-state index in [4.69, 9.17) is 25.8 Å². The number of carbonyl (C=O) groups is 3. The second kappa shape index (κ2) is 11.2. The van der Waals surface area contributed by atoms with Crippen molar-refractivity contribution in [2.24, 2.45) is 0 Å². The van der Waals surface area contributed by atoms with Crippen molar-refractivity contribution in [2.75, 3.05) is 13.7 Å². The number of benzene rings is 2. The Bertz CT molecular complexity index is 1090. The summed E-state index contributed by atoms with van der Waals surface area (Å²) in [6.45, 7) is 3.48. The Labute approximate surface area is 201 Å². The lowest BCUT2D eigenvalue weighted by Crippen LogP contribution is -2.35. The molecule has 0 radical (unpaired) electrons. The summed E-state index contributed by atoms with van der Waals surface area (Å²) in [6.07, 6.45) is 1.94. The number of halogens is 1. The van der Waals surface area contributed by atoms with Crippen molar-refractivity contribution in [1.29, 1.82) is 0 Å². The Morgan fingerprint density at radius 2 is 1.94 bits per heavy atom. The van der Waals surface area contributed by atoms with Gasteiger partial charge in [0.25, 0.3) is 11.1 Å². The van der Waals surface area contributed by atoms with Gasteiger partial charge < -0.3 is 14.2 Å². The van der Waals surface area contributed by atoms with Gasteiger partial charge >= 0.3 is 5.97 Å². The van der Waals surface area contributed by atoms with Crippen LogP contribution in [0.5, 0.6) is 11.5 Å². The van der Waals surface area contributed by atoms with Crippen LogP contribution in [0.15, 0.2) is 47.4 Å². The van der Waals surface area contributed by atoms with Gasteiger partial charge in [0.1, 0.15) is 13.2 Å². The quantitative estimate of drug-likeness (QED) is 0.349. The zero-order valence-electron chi connectivity index (χ0n) is 18.5. The zero-order chi connectivity index (χ0) is 24.0. The minimum atomic E-state index is -0.616. The van der Waals surface area contributed by atoms with Crippen molar-refractivity contribution in [3.63, 3.8) is 0 Å². The number of carbonyl (C=O) groups excluding carboxylic acids is 3. The highest BCUT2D eigenvalue weighted by molar-refractivity contribution is 8.18. The van der Waals surface area contributed by atoms with Crippen molar-refractivity contribution in [2.45, 2.75) is 33.0 Å². The molecule has 3 rings (SSSR count). The molecule has 1 heterocycles. The lowest BCUT2D eigenvalue weighted by Gasteiger charge is -2.15. The van der Waals surface area contributed by atoms with E-state index < -0.39 is 23.7 Å². The van der Waals surface area contributed by atoms with Gasteiger partial charge in [0.2, 0.25) is 0 Å². The minimum Gasteiger partial charge on any atom is -0.493 e. The fraction of sp³-hybridized carbons (Fsp3) is 0.292. The summed E-state index contributed by atoms with van der Waals surface area (Å²) in [5, 5.41) is 0.0934. The smallest absolute Gasteiger partial charge is 0.326 e. The first-order chi connectivity index (χ1) is 15.8. The van der Waals surface area contributed by atoms with Crippen LogP contribution in [0, 0.1) is 0 Å². The summed E-state index contributed by atoms with van der Waals surface area (Å²) < 4.78 is 16.4. The molecule has 7 nitrogen and oxygen atoms in total. The third kappa shape index (κ3) is 6.30. The fourth-order valence-corrected chi connectivity index (χ4v) is 3.95. The number of rotatable bonds is 9. The van der Waals surface area contributed by atoms with E-state index in [-0.39, 0.29) is 17.6 Å². The van der Waals surface area contributed by atoms with Gasteiger partial charge in [-0.15, -0.1) is 0 Å². The maximum absolute atomic E-state index is 12.7. The molecule has 1 atom stereocenters. The summed E-state index contributed by atoms with van der Waals surface area (Å²) in [7, 11) is 1.51. The molecule has 1 aliphatic heterocycles. The molecule has 0 bridgehead atoms. The Hall–Kier alpha value is -2.97. The number of esters is 1. The third-order valence-corrected chi connectivity index (χ3v) is 6.17. The Morgan fingerprint density at radius 3 is 2.64 bits per heavy atom. The van der Waals surface area contributed by atoms with Crippen LogP contribution in [0.25, 0.3) is 6.08 Å². The minimum absolute atomic E-state index is 0.211. The van der Waals surface area contributed by atoms with E-state index in [1.165, 1.54) is 7.11 Å². The van der Waals surface area contributed by atoms with Gasteiger partial charge in [-0.2, -0.15) is 0 Å². The Morgan fingerprint density at radius 1 is 1.18 bits per heavy atom. The number of ether oxygens (including phenoxy) is 3. The van der Waals surface area contributed by atoms with Gasteiger partial charge in [-0.05, 0) is 54.9 Å². The first-order valence-corrected chi connectivity index (χ1v) is 11.5. The maximum atomic E-state index is 12.7. The predicted molar refractivity (Wildman–Crippen MR) is 127 cm³/mol. The van der Waals surface area contributed by atoms with E-state index in [2.05, 4.69) is 0 Å². The van der Waals surface area contributed by atoms with Crippen LogP contribution >= 0.6 is 23.4 Å². The highest BCUT2D eigenvalue weighted by atomic mass is 35.5. The molecule has 0 spiro atoms. The Kier molecular flexibility index (Phi) is 8.41. The number of amides is 2. The number of hydrogen-bond donors (Lipinski definition) is 0. The van der Waals surface area contributed by atoms with E-state index in [1.54, 1.807) is 37.3 Å². The molecular weight excluding hydrogens is 466 g/mol. The van der Waals surface area contributed by atoms with Crippen molar-refractivity contribution in [3.8, 4) is 11.5 Å². The SMILES string of the molecule is CC[C@H](C)OC(=O)CN1C(=O)S/C(=C/c2ccc(OCc3ccccc3Cl)c(OC)c2)C1=O. The number of hydrogen-bond acceptors (Lipinski definition) is 7. The summed E-state index contributed by atoms with van der Waals surface area (Å²) in [5.74, 6) is -0.179. The summed E-state index contributed by atoms with van der Waals surface area (Å²) in [5.41, 5.74) is 1.48. The highest BCUT2D eigenvalue weighted by Crippen LogP contribution is 2.35. The summed E-state index contributed by atoms with van der Waals surface area (Å²) >= 11 is 6.95. The zero-order valence-corrected chi connectivity index (χ0v) is 20.1. The van der Waals surface area contributed by atoms with Crippen LogP contribution in [0.4, 0.5) is 4.79 Å². The molecule has 1 aliphatic rings. The summed E-state index contributed by atoms with van der Waals surface area (Å²) in [4.78, 5) is 38.0. The summed E-state index contributed by atoms with van der Waals surface area (Å²) in [6, 6.07) is 12.5. The fourth-order valence-electron chi connectivity index (χ4n) is 2.93. The monoisotopic (exact) mass is 489 g/mol. The second-order valence-electron chi connectivity index (χ2n) is 7.27. The van der Waals surface area contributed by atoms with Gasteiger partial charge in [-0.1, -0.05) is 42.8 Å². The van der Waals surface area contributed by atoms with Crippen molar-refractivity contribution >= 4 is 46.6 Å². The molecule has 0 unspecified atom stereocenters. The van der Waals surface area contributed by atoms with E-state index in [0.29, 0.717) is 28.5 Å². The molecular formula is C24H24ClNO6S. The topological polar surface area (TPSA) is 82.1 Å². The predicted octanol–water partition coefficient (Wildman–Crippen LogP) is 5.31. The number of thioether (sulfide) groups is 1. The van der Waals surface area contributed by atoms with Gasteiger partial charge in [0.15, 0.2) is 11.5 Å². The molecule has 0 N–H and O–H groups in total. The van der Waals surface area contributed by atoms with Gasteiger partial charge in [0, 0.05) is 10.6 Å². The van der Waals surface area contributed by atoms with Gasteiger partial charge in [-0.25, -0.2) is 0 Å². The molecule has 1 saturated heterocycles. The highest BCUT2D eigenvalue weighted by Gasteiger charge is 2.36. The normalized spacial score (nSPS) is 15.6. The molecule has 1 fully saturated rings. The van der Waals surface area contributed by atoms with Crippen LogP contribution in [0.1, 0.15) is 31.4 Å². The van der Waals surface area contributed by atoms with Gasteiger partial charge in [0.05, 0.1) is 18.1 Å². The van der Waals surface area contributed by atoms with Crippen molar-refractivity contribution in [1.82, 2.24) is 4.90 Å². The van der Waals surface area contributed by atoms with E-state index in [9.17, 15) is 14.4 Å². The van der Waals surface area contributed by atoms with Gasteiger partial charge in [-0.3, -0.25) is 19.3 Å². The molecule has 0 aromatic heterocycles. The standard InChI is InChI=1S/C24H24ClNO6S/c1-4-15(2)32-22(27)13-26-23(28)21(33-24(26)29)12-16-9-10-19(20(11-16)30-3)31-14-17-7-5-6-8-18(17)25/h5-12,15H,4,13-14H2,1-3H3/b21-12+/t15-/m0/s1. The third-order valence-electron chi connectivity index (χ3n) is 4.89. The van der Waals surface area contributed by atoms with E-state index in [0.717, 1.165) is 22.2 Å². The van der Waals surface area contributed by atoms with Crippen LogP contribution in [-0.2, 0) is 20.9 Å². The maximum Gasteiger partial charge on any atom is 0.326 e. The molecule has 2 aromatic rings. The van der Waals surface area contributed by atoms with Crippen LogP contribution in [0.3, 0.4) is 0 Å². The molecule has 2 aromatic carbocycles.